The predicted octanol–water partition coefficient (Wildman–Crippen LogP) is 1.06. The molecule has 1 unspecified atom stereocenters. The SMILES string of the molecule is C=C1C(=O)C(NC(C)=O)=C2CCC3(CC12)OCCO3. The van der Waals surface area contributed by atoms with Crippen LogP contribution >= 0.6 is 0 Å². The van der Waals surface area contributed by atoms with Crippen LogP contribution in [0.2, 0.25) is 0 Å². The number of Topliss-reactive ketones (excluding diaryl/α,β-unsaturated/α-hetero) is 1. The van der Waals surface area contributed by atoms with Crippen molar-refractivity contribution >= 4 is 11.7 Å². The number of hydrogen-bond donors (Lipinski definition) is 1. The van der Waals surface area contributed by atoms with Crippen molar-refractivity contribution in [3.63, 3.8) is 0 Å². The third-order valence-corrected chi connectivity index (χ3v) is 4.09. The van der Waals surface area contributed by atoms with Crippen molar-refractivity contribution in [3.8, 4) is 0 Å². The Morgan fingerprint density at radius 1 is 1.42 bits per heavy atom. The summed E-state index contributed by atoms with van der Waals surface area (Å²) >= 11 is 0. The maximum Gasteiger partial charge on any atom is 0.221 e. The number of fused-ring (bicyclic) bond motifs is 1. The van der Waals surface area contributed by atoms with Gasteiger partial charge in [-0.05, 0) is 12.0 Å². The lowest BCUT2D eigenvalue weighted by atomic mass is 9.80. The first-order valence-electron chi connectivity index (χ1n) is 6.54. The second kappa shape index (κ2) is 4.28. The smallest absolute Gasteiger partial charge is 0.221 e. The van der Waals surface area contributed by atoms with E-state index in [0.29, 0.717) is 37.3 Å². The summed E-state index contributed by atoms with van der Waals surface area (Å²) in [7, 11) is 0. The fourth-order valence-corrected chi connectivity index (χ4v) is 3.21. The monoisotopic (exact) mass is 263 g/mol. The molecule has 1 heterocycles. The molecule has 1 amide bonds. The van der Waals surface area contributed by atoms with E-state index in [1.165, 1.54) is 6.92 Å². The summed E-state index contributed by atoms with van der Waals surface area (Å²) in [6, 6.07) is 0. The van der Waals surface area contributed by atoms with Gasteiger partial charge in [0.2, 0.25) is 11.7 Å². The molecule has 1 saturated heterocycles. The first-order chi connectivity index (χ1) is 9.02. The Hall–Kier alpha value is -1.46. The minimum absolute atomic E-state index is 0.0544. The van der Waals surface area contributed by atoms with E-state index in [1.807, 2.05) is 0 Å². The standard InChI is InChI=1S/C14H17NO4/c1-8-11-7-14(18-5-6-19-14)4-3-10(11)12(13(8)17)15-9(2)16/h11H,1,3-7H2,2H3,(H,15,16). The lowest BCUT2D eigenvalue weighted by molar-refractivity contribution is -0.177. The summed E-state index contributed by atoms with van der Waals surface area (Å²) in [4.78, 5) is 23.4. The van der Waals surface area contributed by atoms with Crippen LogP contribution in [0, 0.1) is 5.92 Å². The molecule has 3 rings (SSSR count). The molecule has 2 fully saturated rings. The molecule has 5 heteroatoms. The highest BCUT2D eigenvalue weighted by Gasteiger charge is 2.49. The molecule has 3 aliphatic rings. The van der Waals surface area contributed by atoms with Gasteiger partial charge >= 0.3 is 0 Å². The molecule has 5 nitrogen and oxygen atoms in total. The van der Waals surface area contributed by atoms with Gasteiger partial charge in [0, 0.05) is 31.3 Å². The van der Waals surface area contributed by atoms with E-state index in [1.54, 1.807) is 0 Å². The highest BCUT2D eigenvalue weighted by molar-refractivity contribution is 6.13. The van der Waals surface area contributed by atoms with E-state index in [2.05, 4.69) is 11.9 Å². The molecule has 1 N–H and O–H groups in total. The number of carbonyl (C=O) groups excluding carboxylic acids is 2. The van der Waals surface area contributed by atoms with Crippen LogP contribution in [0.15, 0.2) is 23.4 Å². The number of carbonyl (C=O) groups is 2. The Morgan fingerprint density at radius 2 is 2.11 bits per heavy atom. The largest absolute Gasteiger partial charge is 0.347 e. The van der Waals surface area contributed by atoms with Crippen molar-refractivity contribution in [2.75, 3.05) is 13.2 Å². The van der Waals surface area contributed by atoms with E-state index in [9.17, 15) is 9.59 Å². The van der Waals surface area contributed by atoms with Gasteiger partial charge in [-0.1, -0.05) is 6.58 Å². The summed E-state index contributed by atoms with van der Waals surface area (Å²) in [6.07, 6.45) is 2.05. The lowest BCUT2D eigenvalue weighted by Gasteiger charge is -2.36. The van der Waals surface area contributed by atoms with E-state index < -0.39 is 5.79 Å². The third-order valence-electron chi connectivity index (χ3n) is 4.09. The Labute approximate surface area is 111 Å². The first kappa shape index (κ1) is 12.6. The van der Waals surface area contributed by atoms with E-state index >= 15 is 0 Å². The number of allylic oxidation sites excluding steroid dienone is 2. The van der Waals surface area contributed by atoms with E-state index in [-0.39, 0.29) is 17.6 Å². The number of rotatable bonds is 1. The van der Waals surface area contributed by atoms with Gasteiger partial charge in [0.25, 0.3) is 0 Å². The van der Waals surface area contributed by atoms with E-state index in [0.717, 1.165) is 12.0 Å². The maximum atomic E-state index is 12.2. The Kier molecular flexibility index (Phi) is 2.83. The highest BCUT2D eigenvalue weighted by Crippen LogP contribution is 2.48. The molecule has 0 aromatic carbocycles. The van der Waals surface area contributed by atoms with Gasteiger partial charge in [0.15, 0.2) is 5.79 Å². The topological polar surface area (TPSA) is 64.6 Å². The van der Waals surface area contributed by atoms with Crippen molar-refractivity contribution in [1.29, 1.82) is 0 Å². The third kappa shape index (κ3) is 1.93. The van der Waals surface area contributed by atoms with Crippen molar-refractivity contribution in [3.05, 3.63) is 23.4 Å². The summed E-state index contributed by atoms with van der Waals surface area (Å²) < 4.78 is 11.4. The van der Waals surface area contributed by atoms with Crippen LogP contribution in [0.25, 0.3) is 0 Å². The second-order valence-corrected chi connectivity index (χ2v) is 5.30. The van der Waals surface area contributed by atoms with Crippen molar-refractivity contribution < 1.29 is 19.1 Å². The predicted molar refractivity (Wildman–Crippen MR) is 67.0 cm³/mol. The van der Waals surface area contributed by atoms with Crippen molar-refractivity contribution in [2.45, 2.75) is 32.0 Å². The average Bonchev–Trinajstić information content (AvgIpc) is 2.90. The van der Waals surface area contributed by atoms with Crippen LogP contribution in [0.1, 0.15) is 26.2 Å². The molecule has 1 spiro atoms. The molecule has 0 aromatic rings. The summed E-state index contributed by atoms with van der Waals surface area (Å²) in [5, 5.41) is 2.65. The molecule has 1 aliphatic heterocycles. The quantitative estimate of drug-likeness (QED) is 0.718. The first-order valence-corrected chi connectivity index (χ1v) is 6.54. The van der Waals surface area contributed by atoms with Gasteiger partial charge in [0.05, 0.1) is 18.9 Å². The highest BCUT2D eigenvalue weighted by atomic mass is 16.7. The molecule has 102 valence electrons. The molecular weight excluding hydrogens is 246 g/mol. The molecular formula is C14H17NO4. The number of hydrogen-bond acceptors (Lipinski definition) is 4. The number of ketones is 1. The fraction of sp³-hybridized carbons (Fsp3) is 0.571. The minimum Gasteiger partial charge on any atom is -0.347 e. The Bertz CT molecular complexity index is 500. The minimum atomic E-state index is -0.553. The van der Waals surface area contributed by atoms with Crippen LogP contribution in [0.4, 0.5) is 0 Å². The lowest BCUT2D eigenvalue weighted by Crippen LogP contribution is -2.37. The number of nitrogens with one attached hydrogen (secondary N) is 1. The molecule has 0 bridgehead atoms. The zero-order valence-electron chi connectivity index (χ0n) is 11.0. The van der Waals surface area contributed by atoms with Crippen LogP contribution in [0.3, 0.4) is 0 Å². The zero-order chi connectivity index (χ0) is 13.6. The van der Waals surface area contributed by atoms with Gasteiger partial charge in [-0.3, -0.25) is 9.59 Å². The fourth-order valence-electron chi connectivity index (χ4n) is 3.21. The normalized spacial score (nSPS) is 29.0. The second-order valence-electron chi connectivity index (χ2n) is 5.30. The number of amides is 1. The van der Waals surface area contributed by atoms with Crippen LogP contribution in [-0.4, -0.2) is 30.7 Å². The molecule has 2 aliphatic carbocycles. The molecule has 1 atom stereocenters. The molecule has 0 aromatic heterocycles. The Morgan fingerprint density at radius 3 is 2.74 bits per heavy atom. The van der Waals surface area contributed by atoms with Gasteiger partial charge in [-0.15, -0.1) is 0 Å². The summed E-state index contributed by atoms with van der Waals surface area (Å²) in [6.45, 7) is 6.49. The molecule has 1 saturated carbocycles. The van der Waals surface area contributed by atoms with Crippen LogP contribution in [-0.2, 0) is 19.1 Å². The number of ether oxygens (including phenoxy) is 2. The molecule has 0 radical (unpaired) electrons. The summed E-state index contributed by atoms with van der Waals surface area (Å²) in [5.74, 6) is -0.979. The van der Waals surface area contributed by atoms with Crippen LogP contribution < -0.4 is 5.32 Å². The van der Waals surface area contributed by atoms with Crippen molar-refractivity contribution in [2.24, 2.45) is 5.92 Å². The zero-order valence-corrected chi connectivity index (χ0v) is 11.0. The van der Waals surface area contributed by atoms with Gasteiger partial charge in [-0.2, -0.15) is 0 Å². The average molecular weight is 263 g/mol. The maximum absolute atomic E-state index is 12.2. The van der Waals surface area contributed by atoms with Gasteiger partial charge < -0.3 is 14.8 Å². The summed E-state index contributed by atoms with van der Waals surface area (Å²) in [5.41, 5.74) is 1.95. The van der Waals surface area contributed by atoms with E-state index in [4.69, 9.17) is 9.47 Å². The van der Waals surface area contributed by atoms with Gasteiger partial charge in [-0.25, -0.2) is 0 Å². The van der Waals surface area contributed by atoms with Gasteiger partial charge in [0.1, 0.15) is 0 Å². The van der Waals surface area contributed by atoms with Crippen LogP contribution in [0.5, 0.6) is 0 Å². The molecule has 19 heavy (non-hydrogen) atoms. The van der Waals surface area contributed by atoms with Crippen molar-refractivity contribution in [1.82, 2.24) is 5.32 Å². The Balaban J connectivity index is 1.90.